The Morgan fingerprint density at radius 2 is 0.695 bits per heavy atom. The molecule has 0 aliphatic rings. The van der Waals surface area contributed by atoms with Crippen molar-refractivity contribution in [2.24, 2.45) is 0 Å². The summed E-state index contributed by atoms with van der Waals surface area (Å²) in [5.41, 5.74) is 1.98. The van der Waals surface area contributed by atoms with Gasteiger partial charge in [0.15, 0.2) is 0 Å². The first-order valence-corrected chi connectivity index (χ1v) is 24.5. The molecule has 4 aromatic rings. The van der Waals surface area contributed by atoms with Crippen LogP contribution >= 0.6 is 0 Å². The molecule has 0 atom stereocenters. The molecule has 0 fully saturated rings. The topological polar surface area (TPSA) is 133 Å². The third kappa shape index (κ3) is 22.8. The van der Waals surface area contributed by atoms with Crippen LogP contribution in [0.2, 0.25) is 0 Å². The average Bonchev–Trinajstić information content (AvgIpc) is 3.19. The molecule has 4 aromatic carbocycles. The van der Waals surface area contributed by atoms with Gasteiger partial charge in [-0.25, -0.2) is 16.8 Å². The zero-order chi connectivity index (χ0) is 41.9. The SMILES string of the molecule is CCCCCCCCCCCCc1ccc(S(=O)(=O)[O-])c(Oc2ccccc2)c1.CCCCCCCCCCCCc1ccc(S(=O)(=O)[O-])c(Oc2ccccc2)c1.[Ca+2]. The van der Waals surface area contributed by atoms with E-state index < -0.39 is 20.2 Å². The normalized spacial score (nSPS) is 11.3. The van der Waals surface area contributed by atoms with Crippen molar-refractivity contribution < 1.29 is 35.4 Å². The molecular formula is C48H66CaO8S2. The second kappa shape index (κ2) is 30.6. The van der Waals surface area contributed by atoms with Gasteiger partial charge >= 0.3 is 37.7 Å². The van der Waals surface area contributed by atoms with Crippen LogP contribution in [0.3, 0.4) is 0 Å². The quantitative estimate of drug-likeness (QED) is 0.0313. The summed E-state index contributed by atoms with van der Waals surface area (Å²) < 4.78 is 80.8. The minimum Gasteiger partial charge on any atom is -0.744 e. The predicted molar refractivity (Wildman–Crippen MR) is 239 cm³/mol. The van der Waals surface area contributed by atoms with E-state index in [9.17, 15) is 25.9 Å². The van der Waals surface area contributed by atoms with E-state index in [1.54, 1.807) is 72.8 Å². The summed E-state index contributed by atoms with van der Waals surface area (Å²) in [5, 5.41) is 0. The molecule has 0 aliphatic heterocycles. The molecule has 0 aromatic heterocycles. The van der Waals surface area contributed by atoms with Crippen molar-refractivity contribution in [1.82, 2.24) is 0 Å². The van der Waals surface area contributed by atoms with Gasteiger partial charge in [0.05, 0.1) is 9.79 Å². The summed E-state index contributed by atoms with van der Waals surface area (Å²) in [5.74, 6) is 1.23. The number of benzene rings is 4. The first-order valence-electron chi connectivity index (χ1n) is 21.6. The summed E-state index contributed by atoms with van der Waals surface area (Å²) in [4.78, 5) is -0.624. The van der Waals surface area contributed by atoms with E-state index in [0.717, 1.165) is 49.7 Å². The molecule has 0 saturated carbocycles. The number of hydrogen-bond donors (Lipinski definition) is 0. The minimum absolute atomic E-state index is 0. The van der Waals surface area contributed by atoms with Crippen LogP contribution in [0, 0.1) is 0 Å². The number of unbranched alkanes of at least 4 members (excludes halogenated alkanes) is 18. The smallest absolute Gasteiger partial charge is 0.744 e. The molecule has 0 saturated heterocycles. The first-order chi connectivity index (χ1) is 28.0. The molecule has 0 spiro atoms. The fourth-order valence-corrected chi connectivity index (χ4v) is 8.02. The van der Waals surface area contributed by atoms with Gasteiger partial charge in [-0.05, 0) is 85.3 Å². The minimum atomic E-state index is -4.59. The van der Waals surface area contributed by atoms with Crippen LogP contribution in [0.1, 0.15) is 153 Å². The van der Waals surface area contributed by atoms with Gasteiger partial charge in [0, 0.05) is 0 Å². The van der Waals surface area contributed by atoms with Crippen LogP contribution in [-0.4, -0.2) is 63.7 Å². The second-order valence-corrected chi connectivity index (χ2v) is 17.9. The monoisotopic (exact) mass is 874 g/mol. The molecule has 0 bridgehead atoms. The maximum atomic E-state index is 11.6. The average molecular weight is 875 g/mol. The van der Waals surface area contributed by atoms with Crippen LogP contribution < -0.4 is 9.47 Å². The Labute approximate surface area is 386 Å². The van der Waals surface area contributed by atoms with E-state index >= 15 is 0 Å². The van der Waals surface area contributed by atoms with Crippen LogP contribution in [0.15, 0.2) is 107 Å². The molecule has 0 unspecified atom stereocenters. The fraction of sp³-hybridized carbons (Fsp3) is 0.500. The Bertz CT molecular complexity index is 1780. The number of para-hydroxylation sites is 2. The van der Waals surface area contributed by atoms with Crippen LogP contribution in [-0.2, 0) is 33.1 Å². The van der Waals surface area contributed by atoms with Crippen molar-refractivity contribution in [2.45, 2.75) is 165 Å². The molecule has 8 nitrogen and oxygen atoms in total. The van der Waals surface area contributed by atoms with Gasteiger partial charge in [0.25, 0.3) is 0 Å². The Morgan fingerprint density at radius 1 is 0.407 bits per heavy atom. The number of hydrogen-bond acceptors (Lipinski definition) is 8. The van der Waals surface area contributed by atoms with Crippen molar-refractivity contribution >= 4 is 58.0 Å². The van der Waals surface area contributed by atoms with Crippen LogP contribution in [0.5, 0.6) is 23.0 Å². The van der Waals surface area contributed by atoms with Gasteiger partial charge in [-0.1, -0.05) is 178 Å². The summed E-state index contributed by atoms with van der Waals surface area (Å²) in [6.45, 7) is 4.48. The van der Waals surface area contributed by atoms with Gasteiger partial charge in [-0.3, -0.25) is 0 Å². The van der Waals surface area contributed by atoms with Crippen LogP contribution in [0.25, 0.3) is 0 Å². The third-order valence-electron chi connectivity index (χ3n) is 10.1. The molecule has 0 heterocycles. The van der Waals surface area contributed by atoms with Crippen molar-refractivity contribution in [1.29, 1.82) is 0 Å². The molecule has 0 N–H and O–H groups in total. The molecule has 0 amide bonds. The largest absolute Gasteiger partial charge is 2.00 e. The van der Waals surface area contributed by atoms with Gasteiger partial charge in [-0.2, -0.15) is 0 Å². The Morgan fingerprint density at radius 3 is 0.983 bits per heavy atom. The Hall–Kier alpha value is -2.44. The van der Waals surface area contributed by atoms with E-state index in [-0.39, 0.29) is 59.0 Å². The van der Waals surface area contributed by atoms with Gasteiger partial charge in [0.1, 0.15) is 43.2 Å². The maximum Gasteiger partial charge on any atom is 2.00 e. The molecule has 0 aliphatic carbocycles. The Kier molecular flexibility index (Phi) is 27.3. The molecular weight excluding hydrogens is 809 g/mol. The molecule has 0 radical (unpaired) electrons. The van der Waals surface area contributed by atoms with Crippen molar-refractivity contribution in [3.63, 3.8) is 0 Å². The zero-order valence-corrected chi connectivity index (χ0v) is 39.4. The standard InChI is InChI=1S/2C24H34O4S.Ca/c2*1-2-3-4-5-6-7-8-9-10-12-15-21-18-19-24(29(25,26)27)23(20-21)28-22-16-13-11-14-17-22;/h2*11,13-14,16-20H,2-10,12,15H2,1H3,(H,25,26,27);/q;;+2/p-2. The fourth-order valence-electron chi connectivity index (χ4n) is 6.85. The van der Waals surface area contributed by atoms with Gasteiger partial charge in [-0.15, -0.1) is 0 Å². The summed E-state index contributed by atoms with van der Waals surface area (Å²) in [6, 6.07) is 27.4. The maximum absolute atomic E-state index is 11.6. The van der Waals surface area contributed by atoms with Crippen molar-refractivity contribution in [2.75, 3.05) is 0 Å². The number of ether oxygens (including phenoxy) is 2. The number of rotatable bonds is 28. The van der Waals surface area contributed by atoms with E-state index in [4.69, 9.17) is 9.47 Å². The first kappa shape index (κ1) is 52.7. The summed E-state index contributed by atoms with van der Waals surface area (Å²) in [6.07, 6.45) is 27.1. The Balaban J connectivity index is 0.000000400. The molecule has 59 heavy (non-hydrogen) atoms. The number of aryl methyl sites for hydroxylation is 2. The van der Waals surface area contributed by atoms with E-state index in [1.807, 2.05) is 12.1 Å². The zero-order valence-electron chi connectivity index (χ0n) is 35.6. The summed E-state index contributed by atoms with van der Waals surface area (Å²) >= 11 is 0. The van der Waals surface area contributed by atoms with Crippen molar-refractivity contribution in [3.05, 3.63) is 108 Å². The van der Waals surface area contributed by atoms with Crippen LogP contribution in [0.4, 0.5) is 0 Å². The molecule has 4 rings (SSSR count). The van der Waals surface area contributed by atoms with Crippen molar-refractivity contribution in [3.8, 4) is 23.0 Å². The van der Waals surface area contributed by atoms with Gasteiger partial charge < -0.3 is 18.6 Å². The predicted octanol–water partition coefficient (Wildman–Crippen LogP) is 13.3. The van der Waals surface area contributed by atoms with Gasteiger partial charge in [0.2, 0.25) is 0 Å². The summed E-state index contributed by atoms with van der Waals surface area (Å²) in [7, 11) is -9.18. The molecule has 11 heteroatoms. The van der Waals surface area contributed by atoms with E-state index in [0.29, 0.717) is 11.5 Å². The second-order valence-electron chi connectivity index (χ2n) is 15.2. The third-order valence-corrected chi connectivity index (χ3v) is 11.9. The molecule has 320 valence electrons. The van der Waals surface area contributed by atoms with E-state index in [1.165, 1.54) is 115 Å². The van der Waals surface area contributed by atoms with E-state index in [2.05, 4.69) is 13.8 Å².